The predicted molar refractivity (Wildman–Crippen MR) is 109 cm³/mol. The molecular weight excluding hydrogens is 369 g/mol. The van der Waals surface area contributed by atoms with E-state index in [2.05, 4.69) is 22.2 Å². The Morgan fingerprint density at radius 2 is 1.90 bits per heavy atom. The van der Waals surface area contributed by atoms with Crippen LogP contribution in [-0.4, -0.2) is 41.0 Å². The summed E-state index contributed by atoms with van der Waals surface area (Å²) in [5, 5.41) is 3.14. The first-order valence-corrected chi connectivity index (χ1v) is 10.3. The van der Waals surface area contributed by atoms with Gasteiger partial charge in [-0.3, -0.25) is 4.79 Å². The molecule has 1 N–H and O–H groups in total. The molecule has 2 aliphatic heterocycles. The molecule has 3 aromatic rings. The van der Waals surface area contributed by atoms with Crippen LogP contribution in [0.25, 0.3) is 22.6 Å². The topological polar surface area (TPSA) is 58.4 Å². The number of nitrogens with one attached hydrogen (secondary N) is 1. The van der Waals surface area contributed by atoms with E-state index in [1.165, 1.54) is 31.4 Å². The van der Waals surface area contributed by atoms with Crippen molar-refractivity contribution in [1.82, 2.24) is 15.2 Å². The average molecular weight is 393 g/mol. The maximum atomic E-state index is 14.2. The lowest BCUT2D eigenvalue weighted by Crippen LogP contribution is -2.55. The van der Waals surface area contributed by atoms with E-state index in [1.807, 2.05) is 30.3 Å². The number of amides is 1. The lowest BCUT2D eigenvalue weighted by Gasteiger charge is -2.47. The van der Waals surface area contributed by atoms with Crippen molar-refractivity contribution in [2.24, 2.45) is 0 Å². The molecule has 150 valence electrons. The van der Waals surface area contributed by atoms with Gasteiger partial charge in [0.1, 0.15) is 11.3 Å². The average Bonchev–Trinajstić information content (AvgIpc) is 3.12. The Morgan fingerprint density at radius 3 is 2.62 bits per heavy atom. The van der Waals surface area contributed by atoms with E-state index in [0.717, 1.165) is 18.4 Å². The predicted octanol–water partition coefficient (Wildman–Crippen LogP) is 4.38. The number of hydrogen-bond acceptors (Lipinski definition) is 4. The molecule has 6 heteroatoms. The van der Waals surface area contributed by atoms with Crippen LogP contribution in [0.2, 0.25) is 0 Å². The summed E-state index contributed by atoms with van der Waals surface area (Å²) in [7, 11) is 2.18. The Hall–Kier alpha value is -2.73. The van der Waals surface area contributed by atoms with Crippen molar-refractivity contribution in [3.8, 4) is 11.5 Å². The molecular formula is C23H24FN3O2. The quantitative estimate of drug-likeness (QED) is 0.718. The van der Waals surface area contributed by atoms with Crippen LogP contribution < -0.4 is 5.32 Å². The maximum Gasteiger partial charge on any atom is 0.253 e. The molecule has 2 saturated heterocycles. The van der Waals surface area contributed by atoms with Crippen LogP contribution >= 0.6 is 0 Å². The first-order chi connectivity index (χ1) is 14.1. The highest BCUT2D eigenvalue weighted by molar-refractivity contribution is 6.05. The summed E-state index contributed by atoms with van der Waals surface area (Å²) >= 11 is 0. The van der Waals surface area contributed by atoms with Crippen LogP contribution in [0.4, 0.5) is 4.39 Å². The molecule has 2 bridgehead atoms. The zero-order valence-electron chi connectivity index (χ0n) is 16.4. The third-order valence-corrected chi connectivity index (χ3v) is 6.40. The molecule has 2 unspecified atom stereocenters. The van der Waals surface area contributed by atoms with E-state index in [-0.39, 0.29) is 23.1 Å². The molecule has 2 aliphatic rings. The second kappa shape index (κ2) is 7.26. The summed E-state index contributed by atoms with van der Waals surface area (Å²) in [4.78, 5) is 20.0. The molecule has 5 nitrogen and oxygen atoms in total. The van der Waals surface area contributed by atoms with Crippen molar-refractivity contribution >= 4 is 17.0 Å². The number of piperidine rings is 2. The highest BCUT2D eigenvalue weighted by Crippen LogP contribution is 2.33. The van der Waals surface area contributed by atoms with Gasteiger partial charge in [-0.05, 0) is 50.9 Å². The summed E-state index contributed by atoms with van der Waals surface area (Å²) in [6, 6.07) is 13.1. The number of benzene rings is 2. The van der Waals surface area contributed by atoms with E-state index in [1.54, 1.807) is 0 Å². The molecule has 0 saturated carbocycles. The second-order valence-electron chi connectivity index (χ2n) is 8.23. The third kappa shape index (κ3) is 3.42. The Balaban J connectivity index is 1.43. The highest BCUT2D eigenvalue weighted by Gasteiger charge is 2.36. The van der Waals surface area contributed by atoms with Crippen LogP contribution in [0.1, 0.15) is 42.5 Å². The molecule has 2 atom stereocenters. The molecule has 1 aromatic heterocycles. The minimum atomic E-state index is -0.501. The van der Waals surface area contributed by atoms with Gasteiger partial charge in [0.25, 0.3) is 5.91 Å². The molecule has 29 heavy (non-hydrogen) atoms. The van der Waals surface area contributed by atoms with Gasteiger partial charge in [0.2, 0.25) is 5.89 Å². The summed E-state index contributed by atoms with van der Waals surface area (Å²) < 4.78 is 20.0. The van der Waals surface area contributed by atoms with Crippen molar-refractivity contribution < 1.29 is 13.6 Å². The van der Waals surface area contributed by atoms with E-state index in [0.29, 0.717) is 23.5 Å². The highest BCUT2D eigenvalue weighted by atomic mass is 19.1. The number of carbonyl (C=O) groups excluding carboxylic acids is 1. The van der Waals surface area contributed by atoms with Crippen LogP contribution in [0.15, 0.2) is 46.9 Å². The van der Waals surface area contributed by atoms with Crippen molar-refractivity contribution in [3.05, 3.63) is 53.8 Å². The lowest BCUT2D eigenvalue weighted by atomic mass is 9.82. The Bertz CT molecular complexity index is 1030. The molecule has 3 heterocycles. The maximum absolute atomic E-state index is 14.2. The van der Waals surface area contributed by atoms with E-state index < -0.39 is 5.82 Å². The standard InChI is InChI=1S/C23H24FN3O2/c1-27-17-8-5-9-18(27)13-16(12-17)25-22(28)19-10-15(24)11-20-21(19)26-23(29-20)14-6-3-2-4-7-14/h2-4,6-7,10-11,16-18H,5,8-9,12-13H2,1H3,(H,25,28). The molecule has 0 spiro atoms. The number of rotatable bonds is 3. The SMILES string of the molecule is CN1C2CCCC1CC(NC(=O)c1cc(F)cc3oc(-c4ccccc4)nc13)C2. The fourth-order valence-electron chi connectivity index (χ4n) is 4.87. The van der Waals surface area contributed by atoms with Gasteiger partial charge in [0.15, 0.2) is 5.58 Å². The first-order valence-electron chi connectivity index (χ1n) is 10.3. The van der Waals surface area contributed by atoms with Crippen molar-refractivity contribution in [3.63, 3.8) is 0 Å². The lowest BCUT2D eigenvalue weighted by molar-refractivity contribution is 0.0463. The molecule has 0 aliphatic carbocycles. The van der Waals surface area contributed by atoms with E-state index in [4.69, 9.17) is 4.42 Å². The van der Waals surface area contributed by atoms with Gasteiger partial charge in [0.05, 0.1) is 5.56 Å². The molecule has 5 rings (SSSR count). The number of carbonyl (C=O) groups is 1. The van der Waals surface area contributed by atoms with Gasteiger partial charge in [-0.15, -0.1) is 0 Å². The van der Waals surface area contributed by atoms with Crippen molar-refractivity contribution in [2.75, 3.05) is 7.05 Å². The second-order valence-corrected chi connectivity index (χ2v) is 8.23. The smallest absolute Gasteiger partial charge is 0.253 e. The Labute approximate surface area is 168 Å². The first kappa shape index (κ1) is 18.3. The van der Waals surface area contributed by atoms with Gasteiger partial charge >= 0.3 is 0 Å². The zero-order chi connectivity index (χ0) is 20.0. The minimum absolute atomic E-state index is 0.104. The van der Waals surface area contributed by atoms with Gasteiger partial charge in [-0.2, -0.15) is 0 Å². The largest absolute Gasteiger partial charge is 0.436 e. The number of halogens is 1. The van der Waals surface area contributed by atoms with Crippen LogP contribution in [0.5, 0.6) is 0 Å². The van der Waals surface area contributed by atoms with Crippen LogP contribution in [0.3, 0.4) is 0 Å². The molecule has 2 aromatic carbocycles. The van der Waals surface area contributed by atoms with Crippen LogP contribution in [0, 0.1) is 5.82 Å². The Kier molecular flexibility index (Phi) is 4.59. The zero-order valence-corrected chi connectivity index (χ0v) is 16.4. The van der Waals surface area contributed by atoms with Crippen molar-refractivity contribution in [1.29, 1.82) is 0 Å². The van der Waals surface area contributed by atoms with Crippen molar-refractivity contribution in [2.45, 2.75) is 50.2 Å². The number of aromatic nitrogens is 1. The normalized spacial score (nSPS) is 24.6. The number of fused-ring (bicyclic) bond motifs is 3. The minimum Gasteiger partial charge on any atom is -0.436 e. The number of oxazole rings is 1. The van der Waals surface area contributed by atoms with E-state index in [9.17, 15) is 9.18 Å². The van der Waals surface area contributed by atoms with Gasteiger partial charge in [-0.1, -0.05) is 24.6 Å². The third-order valence-electron chi connectivity index (χ3n) is 6.40. The summed E-state index contributed by atoms with van der Waals surface area (Å²) in [5.41, 5.74) is 1.71. The monoisotopic (exact) mass is 393 g/mol. The fraction of sp³-hybridized carbons (Fsp3) is 0.391. The Morgan fingerprint density at radius 1 is 1.17 bits per heavy atom. The number of nitrogens with zero attached hydrogens (tertiary/aromatic N) is 2. The molecule has 2 fully saturated rings. The fourth-order valence-corrected chi connectivity index (χ4v) is 4.87. The van der Waals surface area contributed by atoms with Crippen LogP contribution in [-0.2, 0) is 0 Å². The van der Waals surface area contributed by atoms with Gasteiger partial charge in [0, 0.05) is 29.8 Å². The summed E-state index contributed by atoms with van der Waals surface area (Å²) in [5.74, 6) is -0.400. The van der Waals surface area contributed by atoms with Gasteiger partial charge < -0.3 is 14.6 Å². The summed E-state index contributed by atoms with van der Waals surface area (Å²) in [6.45, 7) is 0. The van der Waals surface area contributed by atoms with E-state index >= 15 is 0 Å². The summed E-state index contributed by atoms with van der Waals surface area (Å²) in [6.07, 6.45) is 5.48. The number of hydrogen-bond donors (Lipinski definition) is 1. The molecule has 1 amide bonds. The molecule has 0 radical (unpaired) electrons. The van der Waals surface area contributed by atoms with Gasteiger partial charge in [-0.25, -0.2) is 9.37 Å².